The molecule has 200 valence electrons. The minimum atomic E-state index is -0.558. The van der Waals surface area contributed by atoms with Gasteiger partial charge in [0.2, 0.25) is 0 Å². The minimum Gasteiger partial charge on any atom is -0.410 e. The van der Waals surface area contributed by atoms with Gasteiger partial charge in [0.15, 0.2) is 0 Å². The van der Waals surface area contributed by atoms with E-state index in [9.17, 15) is 14.9 Å². The second kappa shape index (κ2) is 14.2. The lowest BCUT2D eigenvalue weighted by atomic mass is 9.84. The van der Waals surface area contributed by atoms with Crippen LogP contribution in [0.4, 0.5) is 10.5 Å². The average molecular weight is 541 g/mol. The number of ether oxygens (including phenoxy) is 1. The number of hydrogen-bond acceptors (Lipinski definition) is 5. The Morgan fingerprint density at radius 3 is 1.69 bits per heavy atom. The average Bonchev–Trinajstić information content (AvgIpc) is 2.98. The topological polar surface area (TPSA) is 81.5 Å². The molecule has 0 aliphatic heterocycles. The fourth-order valence-electron chi connectivity index (χ4n) is 4.54. The molecule has 0 bridgehead atoms. The van der Waals surface area contributed by atoms with Crippen molar-refractivity contribution in [3.8, 4) is 5.75 Å². The van der Waals surface area contributed by atoms with Gasteiger partial charge in [-0.05, 0) is 47.4 Å². The number of unbranched alkanes of at least 4 members (excludes halogenated alkanes) is 3. The monoisotopic (exact) mass is 540 g/mol. The summed E-state index contributed by atoms with van der Waals surface area (Å²) in [6.45, 7) is 0.515. The minimum absolute atomic E-state index is 0.0468. The SMILES string of the molecule is O=C(NCCCCCCSC(c1ccccc1)(c1ccccc1)c1ccccc1)Oc1ccc([N+](=O)[O-])cc1. The van der Waals surface area contributed by atoms with Crippen LogP contribution in [0.5, 0.6) is 5.75 Å². The van der Waals surface area contributed by atoms with Crippen molar-refractivity contribution in [2.24, 2.45) is 0 Å². The Labute approximate surface area is 233 Å². The van der Waals surface area contributed by atoms with Gasteiger partial charge in [-0.3, -0.25) is 10.1 Å². The zero-order valence-corrected chi connectivity index (χ0v) is 22.5. The number of carbonyl (C=O) groups is 1. The van der Waals surface area contributed by atoms with Crippen molar-refractivity contribution >= 4 is 23.5 Å². The molecule has 0 saturated heterocycles. The fourth-order valence-corrected chi connectivity index (χ4v) is 6.11. The standard InChI is InChI=1S/C32H32N2O4S/c35-31(38-30-22-20-29(21-23-30)34(36)37)33-24-12-1-2-13-25-39-32(26-14-6-3-7-15-26,27-16-8-4-9-17-27)28-18-10-5-11-19-28/h3-11,14-23H,1-2,12-13,24-25H2,(H,33,35). The molecule has 39 heavy (non-hydrogen) atoms. The molecule has 7 heteroatoms. The van der Waals surface area contributed by atoms with E-state index in [0.29, 0.717) is 6.54 Å². The Morgan fingerprint density at radius 2 is 1.21 bits per heavy atom. The Bertz CT molecular complexity index is 1220. The van der Waals surface area contributed by atoms with Crippen molar-refractivity contribution in [1.82, 2.24) is 5.32 Å². The van der Waals surface area contributed by atoms with Crippen LogP contribution >= 0.6 is 11.8 Å². The highest BCUT2D eigenvalue weighted by Crippen LogP contribution is 2.48. The highest BCUT2D eigenvalue weighted by Gasteiger charge is 2.36. The fraction of sp³-hybridized carbons (Fsp3) is 0.219. The van der Waals surface area contributed by atoms with Gasteiger partial charge in [-0.15, -0.1) is 11.8 Å². The van der Waals surface area contributed by atoms with Crippen LogP contribution in [0.3, 0.4) is 0 Å². The third kappa shape index (κ3) is 7.48. The second-order valence-electron chi connectivity index (χ2n) is 9.11. The van der Waals surface area contributed by atoms with Crippen molar-refractivity contribution in [1.29, 1.82) is 0 Å². The Balaban J connectivity index is 1.28. The predicted molar refractivity (Wildman–Crippen MR) is 157 cm³/mol. The first-order chi connectivity index (χ1) is 19.1. The molecule has 0 aromatic heterocycles. The number of nitro groups is 1. The molecule has 4 aromatic carbocycles. The number of nitrogens with zero attached hydrogens (tertiary/aromatic N) is 1. The molecular weight excluding hydrogens is 508 g/mol. The van der Waals surface area contributed by atoms with Crippen molar-refractivity contribution in [3.63, 3.8) is 0 Å². The number of thioether (sulfide) groups is 1. The van der Waals surface area contributed by atoms with Gasteiger partial charge in [-0.1, -0.05) is 104 Å². The van der Waals surface area contributed by atoms with Gasteiger partial charge in [0, 0.05) is 18.7 Å². The smallest absolute Gasteiger partial charge is 0.410 e. The molecule has 1 amide bonds. The van der Waals surface area contributed by atoms with Gasteiger partial charge in [-0.25, -0.2) is 4.79 Å². The van der Waals surface area contributed by atoms with Gasteiger partial charge in [0.05, 0.1) is 9.67 Å². The Morgan fingerprint density at radius 1 is 0.718 bits per heavy atom. The van der Waals surface area contributed by atoms with Gasteiger partial charge in [0.1, 0.15) is 5.75 Å². The van der Waals surface area contributed by atoms with E-state index < -0.39 is 11.0 Å². The number of carbonyl (C=O) groups excluding carboxylic acids is 1. The summed E-state index contributed by atoms with van der Waals surface area (Å²) in [5.41, 5.74) is 3.75. The van der Waals surface area contributed by atoms with Crippen LogP contribution < -0.4 is 10.1 Å². The van der Waals surface area contributed by atoms with Gasteiger partial charge >= 0.3 is 6.09 Å². The summed E-state index contributed by atoms with van der Waals surface area (Å²) >= 11 is 1.97. The predicted octanol–water partition coefficient (Wildman–Crippen LogP) is 7.97. The zero-order chi connectivity index (χ0) is 27.3. The molecular formula is C32H32N2O4S. The normalized spacial score (nSPS) is 11.1. The van der Waals surface area contributed by atoms with E-state index in [1.54, 1.807) is 0 Å². The Kier molecular flexibility index (Phi) is 10.1. The number of nitro benzene ring substituents is 1. The molecule has 4 aromatic rings. The largest absolute Gasteiger partial charge is 0.412 e. The molecule has 0 unspecified atom stereocenters. The van der Waals surface area contributed by atoms with Gasteiger partial charge in [0.25, 0.3) is 5.69 Å². The summed E-state index contributed by atoms with van der Waals surface area (Å²) in [5, 5.41) is 13.5. The number of rotatable bonds is 13. The maximum absolute atomic E-state index is 12.0. The van der Waals surface area contributed by atoms with E-state index in [4.69, 9.17) is 4.74 Å². The van der Waals surface area contributed by atoms with E-state index in [1.807, 2.05) is 11.8 Å². The molecule has 0 heterocycles. The maximum Gasteiger partial charge on any atom is 0.412 e. The molecule has 0 atom stereocenters. The summed E-state index contributed by atoms with van der Waals surface area (Å²) in [5.74, 6) is 1.27. The highest BCUT2D eigenvalue weighted by atomic mass is 32.2. The zero-order valence-electron chi connectivity index (χ0n) is 21.7. The van der Waals surface area contributed by atoms with Crippen LogP contribution in [0.2, 0.25) is 0 Å². The third-order valence-corrected chi connectivity index (χ3v) is 8.09. The summed E-state index contributed by atoms with van der Waals surface area (Å²) in [6.07, 6.45) is 3.40. The summed E-state index contributed by atoms with van der Waals surface area (Å²) in [4.78, 5) is 22.2. The van der Waals surface area contributed by atoms with Crippen LogP contribution in [0.15, 0.2) is 115 Å². The first kappa shape index (κ1) is 27.9. The van der Waals surface area contributed by atoms with Crippen LogP contribution in [0.25, 0.3) is 0 Å². The van der Waals surface area contributed by atoms with Crippen LogP contribution in [-0.2, 0) is 4.75 Å². The molecule has 0 fully saturated rings. The molecule has 0 aliphatic carbocycles. The van der Waals surface area contributed by atoms with Crippen molar-refractivity contribution in [2.75, 3.05) is 12.3 Å². The van der Waals surface area contributed by atoms with Crippen molar-refractivity contribution in [3.05, 3.63) is 142 Å². The number of nitrogens with one attached hydrogen (secondary N) is 1. The lowest BCUT2D eigenvalue weighted by molar-refractivity contribution is -0.384. The van der Waals surface area contributed by atoms with E-state index in [0.717, 1.165) is 31.4 Å². The molecule has 4 rings (SSSR count). The highest BCUT2D eigenvalue weighted by molar-refractivity contribution is 8.00. The third-order valence-electron chi connectivity index (χ3n) is 6.46. The van der Waals surface area contributed by atoms with Crippen LogP contribution in [0.1, 0.15) is 42.4 Å². The lowest BCUT2D eigenvalue weighted by Crippen LogP contribution is -2.27. The number of non-ortho nitro benzene ring substituents is 1. The lowest BCUT2D eigenvalue weighted by Gasteiger charge is -2.35. The van der Waals surface area contributed by atoms with Gasteiger partial charge < -0.3 is 10.1 Å². The number of amides is 1. The van der Waals surface area contributed by atoms with Gasteiger partial charge in [-0.2, -0.15) is 0 Å². The summed E-state index contributed by atoms with van der Waals surface area (Å²) in [7, 11) is 0. The quantitative estimate of drug-likeness (QED) is 0.0805. The Hall–Kier alpha value is -4.10. The molecule has 0 spiro atoms. The second-order valence-corrected chi connectivity index (χ2v) is 10.4. The number of benzene rings is 4. The van der Waals surface area contributed by atoms with E-state index >= 15 is 0 Å². The van der Waals surface area contributed by atoms with Crippen LogP contribution in [0, 0.1) is 10.1 Å². The molecule has 0 aliphatic rings. The number of hydrogen-bond donors (Lipinski definition) is 1. The van der Waals surface area contributed by atoms with Crippen molar-refractivity contribution < 1.29 is 14.5 Å². The van der Waals surface area contributed by atoms with Crippen molar-refractivity contribution in [2.45, 2.75) is 30.4 Å². The molecule has 0 saturated carbocycles. The van der Waals surface area contributed by atoms with Crippen LogP contribution in [-0.4, -0.2) is 23.3 Å². The first-order valence-corrected chi connectivity index (χ1v) is 14.1. The molecule has 6 nitrogen and oxygen atoms in total. The van der Waals surface area contributed by atoms with E-state index in [-0.39, 0.29) is 16.2 Å². The summed E-state index contributed by atoms with van der Waals surface area (Å²) in [6, 6.07) is 37.6. The van der Waals surface area contributed by atoms with E-state index in [2.05, 4.69) is 96.3 Å². The maximum atomic E-state index is 12.0. The molecule has 1 N–H and O–H groups in total. The summed E-state index contributed by atoms with van der Waals surface area (Å²) < 4.78 is 4.88. The first-order valence-electron chi connectivity index (χ1n) is 13.1. The molecule has 0 radical (unpaired) electrons. The van der Waals surface area contributed by atoms with E-state index in [1.165, 1.54) is 41.0 Å².